The molecule has 0 unspecified atom stereocenters. The van der Waals surface area contributed by atoms with E-state index in [0.717, 1.165) is 18.7 Å². The third-order valence-electron chi connectivity index (χ3n) is 2.58. The van der Waals surface area contributed by atoms with Gasteiger partial charge in [0.05, 0.1) is 28.0 Å². The predicted octanol–water partition coefficient (Wildman–Crippen LogP) is 2.33. The Bertz CT molecular complexity index is 559. The molecule has 0 spiro atoms. The summed E-state index contributed by atoms with van der Waals surface area (Å²) in [5, 5.41) is 10.1. The van der Waals surface area contributed by atoms with Gasteiger partial charge in [0.25, 0.3) is 0 Å². The molecule has 2 rings (SSSR count). The topological polar surface area (TPSA) is 74.5 Å². The van der Waals surface area contributed by atoms with Gasteiger partial charge in [0.1, 0.15) is 0 Å². The first-order valence-electron chi connectivity index (χ1n) is 5.59. The standard InChI is InChI=1S/C11H13Cl2N5S/c1-5-4-6(12)9(18-11-15-2-3-16-11)7(13)8(5)17-10(14)19/h4H,2-3H2,1H3,(H3,14,17,19)(H2,15,16,18). The molecule has 1 aromatic rings. The zero-order valence-corrected chi connectivity index (χ0v) is 12.5. The van der Waals surface area contributed by atoms with Crippen molar-refractivity contribution < 1.29 is 0 Å². The molecule has 1 heterocycles. The van der Waals surface area contributed by atoms with E-state index >= 15 is 0 Å². The van der Waals surface area contributed by atoms with E-state index in [1.165, 1.54) is 0 Å². The van der Waals surface area contributed by atoms with Crippen LogP contribution >= 0.6 is 35.4 Å². The van der Waals surface area contributed by atoms with E-state index in [4.69, 9.17) is 41.2 Å². The van der Waals surface area contributed by atoms with Crippen molar-refractivity contribution in [3.63, 3.8) is 0 Å². The molecule has 0 aliphatic carbocycles. The number of aliphatic imine (C=N–C) groups is 1. The van der Waals surface area contributed by atoms with Crippen molar-refractivity contribution in [2.75, 3.05) is 23.7 Å². The van der Waals surface area contributed by atoms with E-state index in [2.05, 4.69) is 20.9 Å². The molecule has 0 amide bonds. The van der Waals surface area contributed by atoms with Gasteiger partial charge in [-0.05, 0) is 30.8 Å². The minimum atomic E-state index is 0.148. The minimum absolute atomic E-state index is 0.148. The van der Waals surface area contributed by atoms with Crippen LogP contribution in [-0.2, 0) is 0 Å². The number of nitrogens with one attached hydrogen (secondary N) is 3. The summed E-state index contributed by atoms with van der Waals surface area (Å²) in [7, 11) is 0. The molecule has 1 aromatic carbocycles. The molecule has 5 N–H and O–H groups in total. The van der Waals surface area contributed by atoms with E-state index in [9.17, 15) is 0 Å². The minimum Gasteiger partial charge on any atom is -0.376 e. The summed E-state index contributed by atoms with van der Waals surface area (Å²) in [5.41, 5.74) is 7.55. The van der Waals surface area contributed by atoms with Crippen LogP contribution in [0.4, 0.5) is 11.4 Å². The number of guanidine groups is 1. The summed E-state index contributed by atoms with van der Waals surface area (Å²) >= 11 is 17.4. The van der Waals surface area contributed by atoms with Crippen LogP contribution < -0.4 is 21.7 Å². The van der Waals surface area contributed by atoms with Gasteiger partial charge in [0.15, 0.2) is 11.1 Å². The lowest BCUT2D eigenvalue weighted by Crippen LogP contribution is -2.27. The van der Waals surface area contributed by atoms with Crippen LogP contribution in [-0.4, -0.2) is 24.2 Å². The van der Waals surface area contributed by atoms with Gasteiger partial charge in [-0.3, -0.25) is 4.99 Å². The Hall–Kier alpha value is -1.24. The van der Waals surface area contributed by atoms with E-state index in [1.54, 1.807) is 6.07 Å². The van der Waals surface area contributed by atoms with Crippen molar-refractivity contribution in [1.82, 2.24) is 5.32 Å². The van der Waals surface area contributed by atoms with Gasteiger partial charge >= 0.3 is 0 Å². The molecule has 1 aliphatic rings. The van der Waals surface area contributed by atoms with Crippen LogP contribution in [0.15, 0.2) is 11.1 Å². The van der Waals surface area contributed by atoms with Crippen molar-refractivity contribution in [1.29, 1.82) is 0 Å². The number of rotatable bonds is 2. The first-order valence-corrected chi connectivity index (χ1v) is 6.76. The lowest BCUT2D eigenvalue weighted by Gasteiger charge is -2.16. The summed E-state index contributed by atoms with van der Waals surface area (Å²) in [6.07, 6.45) is 0. The number of hydrogen-bond acceptors (Lipinski definition) is 4. The highest BCUT2D eigenvalue weighted by Crippen LogP contribution is 2.39. The summed E-state index contributed by atoms with van der Waals surface area (Å²) < 4.78 is 0. The highest BCUT2D eigenvalue weighted by atomic mass is 35.5. The van der Waals surface area contributed by atoms with E-state index in [1.807, 2.05) is 6.92 Å². The predicted molar refractivity (Wildman–Crippen MR) is 85.5 cm³/mol. The van der Waals surface area contributed by atoms with Gasteiger partial charge in [-0.2, -0.15) is 0 Å². The maximum atomic E-state index is 6.33. The molecule has 0 fully saturated rings. The van der Waals surface area contributed by atoms with E-state index in [0.29, 0.717) is 27.4 Å². The van der Waals surface area contributed by atoms with Crippen LogP contribution in [0.25, 0.3) is 0 Å². The number of nitrogens with two attached hydrogens (primary N) is 1. The van der Waals surface area contributed by atoms with Crippen molar-refractivity contribution >= 4 is 57.9 Å². The SMILES string of the molecule is Cc1cc(Cl)c(NC2=NCCN2)c(Cl)c1NC(N)=S. The Morgan fingerprint density at radius 1 is 1.47 bits per heavy atom. The molecular formula is C11H13Cl2N5S. The summed E-state index contributed by atoms with van der Waals surface area (Å²) in [5.74, 6) is 0.647. The highest BCUT2D eigenvalue weighted by molar-refractivity contribution is 7.80. The molecule has 102 valence electrons. The van der Waals surface area contributed by atoms with Gasteiger partial charge < -0.3 is 21.7 Å². The Morgan fingerprint density at radius 3 is 2.79 bits per heavy atom. The number of aryl methyl sites for hydroxylation is 1. The highest BCUT2D eigenvalue weighted by Gasteiger charge is 2.16. The second-order valence-electron chi connectivity index (χ2n) is 4.01. The number of thiocarbonyl (C=S) groups is 1. The molecule has 0 radical (unpaired) electrons. The molecule has 8 heteroatoms. The Morgan fingerprint density at radius 2 is 2.21 bits per heavy atom. The monoisotopic (exact) mass is 317 g/mol. The molecule has 1 aliphatic heterocycles. The van der Waals surface area contributed by atoms with Gasteiger partial charge in [0.2, 0.25) is 0 Å². The Balaban J connectivity index is 2.39. The fourth-order valence-corrected chi connectivity index (χ4v) is 2.53. The molecule has 0 bridgehead atoms. The number of halogens is 2. The maximum absolute atomic E-state index is 6.33. The van der Waals surface area contributed by atoms with E-state index in [-0.39, 0.29) is 5.11 Å². The smallest absolute Gasteiger partial charge is 0.196 e. The molecule has 0 saturated heterocycles. The van der Waals surface area contributed by atoms with Crippen LogP contribution in [0.3, 0.4) is 0 Å². The number of hydrogen-bond donors (Lipinski definition) is 4. The van der Waals surface area contributed by atoms with Crippen LogP contribution in [0.5, 0.6) is 0 Å². The van der Waals surface area contributed by atoms with Crippen LogP contribution in [0.2, 0.25) is 10.0 Å². The van der Waals surface area contributed by atoms with Gasteiger partial charge in [-0.25, -0.2) is 0 Å². The Labute approximate surface area is 126 Å². The van der Waals surface area contributed by atoms with E-state index < -0.39 is 0 Å². The number of anilines is 2. The average molecular weight is 318 g/mol. The van der Waals surface area contributed by atoms with Gasteiger partial charge in [-0.15, -0.1) is 0 Å². The third kappa shape index (κ3) is 3.20. The number of benzene rings is 1. The van der Waals surface area contributed by atoms with Crippen LogP contribution in [0.1, 0.15) is 5.56 Å². The van der Waals surface area contributed by atoms with Crippen molar-refractivity contribution in [2.45, 2.75) is 6.92 Å². The van der Waals surface area contributed by atoms with Crippen LogP contribution in [0, 0.1) is 6.92 Å². The van der Waals surface area contributed by atoms with Crippen molar-refractivity contribution in [3.8, 4) is 0 Å². The maximum Gasteiger partial charge on any atom is 0.196 e. The van der Waals surface area contributed by atoms with Gasteiger partial charge in [0, 0.05) is 6.54 Å². The molecular weight excluding hydrogens is 305 g/mol. The largest absolute Gasteiger partial charge is 0.376 e. The number of nitrogens with zero attached hydrogens (tertiary/aromatic N) is 1. The Kier molecular flexibility index (Phi) is 4.34. The van der Waals surface area contributed by atoms with Crippen molar-refractivity contribution in [3.05, 3.63) is 21.7 Å². The lowest BCUT2D eigenvalue weighted by molar-refractivity contribution is 0.959. The summed E-state index contributed by atoms with van der Waals surface area (Å²) in [6.45, 7) is 3.39. The fraction of sp³-hybridized carbons (Fsp3) is 0.273. The fourth-order valence-electron chi connectivity index (χ4n) is 1.73. The van der Waals surface area contributed by atoms with Gasteiger partial charge in [-0.1, -0.05) is 23.2 Å². The third-order valence-corrected chi connectivity index (χ3v) is 3.36. The zero-order valence-electron chi connectivity index (χ0n) is 10.2. The molecule has 0 saturated carbocycles. The first kappa shape index (κ1) is 14.2. The summed E-state index contributed by atoms with van der Waals surface area (Å²) in [6, 6.07) is 1.78. The molecule has 5 nitrogen and oxygen atoms in total. The second-order valence-corrected chi connectivity index (χ2v) is 5.24. The molecule has 19 heavy (non-hydrogen) atoms. The zero-order chi connectivity index (χ0) is 14.0. The first-order chi connectivity index (χ1) is 8.99. The molecule has 0 aromatic heterocycles. The summed E-state index contributed by atoms with van der Waals surface area (Å²) in [4.78, 5) is 4.23. The molecule has 0 atom stereocenters. The van der Waals surface area contributed by atoms with Crippen molar-refractivity contribution in [2.24, 2.45) is 10.7 Å². The lowest BCUT2D eigenvalue weighted by atomic mass is 10.1. The average Bonchev–Trinajstić information content (AvgIpc) is 2.82. The second kappa shape index (κ2) is 5.81. The normalized spacial score (nSPS) is 13.7. The quantitative estimate of drug-likeness (QED) is 0.630.